The second kappa shape index (κ2) is 7.20. The number of fused-ring (bicyclic) bond motifs is 1. The minimum Gasteiger partial charge on any atom is -0.495 e. The molecule has 3 heterocycles. The Morgan fingerprint density at radius 1 is 1.32 bits per heavy atom. The van der Waals surface area contributed by atoms with Gasteiger partial charge in [0.15, 0.2) is 5.76 Å². The van der Waals surface area contributed by atoms with Crippen molar-refractivity contribution in [1.82, 2.24) is 10.2 Å². The molecule has 0 radical (unpaired) electrons. The number of piperidine rings is 1. The Kier molecular flexibility index (Phi) is 4.72. The lowest BCUT2D eigenvalue weighted by Gasteiger charge is -2.32. The number of furan rings is 1. The van der Waals surface area contributed by atoms with Gasteiger partial charge in [0, 0.05) is 17.6 Å². The van der Waals surface area contributed by atoms with Gasteiger partial charge in [-0.2, -0.15) is 0 Å². The van der Waals surface area contributed by atoms with Gasteiger partial charge in [0.25, 0.3) is 11.8 Å². The summed E-state index contributed by atoms with van der Waals surface area (Å²) >= 11 is 6.06. The van der Waals surface area contributed by atoms with Crippen LogP contribution in [0.4, 0.5) is 10.5 Å². The van der Waals surface area contributed by atoms with Crippen LogP contribution in [0.25, 0.3) is 0 Å². The van der Waals surface area contributed by atoms with Crippen LogP contribution >= 0.6 is 11.6 Å². The molecule has 0 aliphatic carbocycles. The highest BCUT2D eigenvalue weighted by molar-refractivity contribution is 6.31. The number of urea groups is 1. The number of benzene rings is 1. The first-order valence-electron chi connectivity index (χ1n) is 8.82. The summed E-state index contributed by atoms with van der Waals surface area (Å²) in [4.78, 5) is 40.7. The van der Waals surface area contributed by atoms with Gasteiger partial charge in [-0.1, -0.05) is 11.6 Å². The number of nitrogens with zero attached hydrogens (tertiary/aromatic N) is 2. The summed E-state index contributed by atoms with van der Waals surface area (Å²) in [5.74, 6) is -0.105. The Labute approximate surface area is 166 Å². The molecular formula is C19H18ClN3O5. The number of amides is 4. The molecule has 8 nitrogen and oxygen atoms in total. The summed E-state index contributed by atoms with van der Waals surface area (Å²) in [6.45, 7) is 0.359. The molecular weight excluding hydrogens is 386 g/mol. The lowest BCUT2D eigenvalue weighted by molar-refractivity contribution is -0.120. The first kappa shape index (κ1) is 18.4. The minimum absolute atomic E-state index is 0.210. The molecule has 4 rings (SSSR count). The van der Waals surface area contributed by atoms with E-state index in [1.54, 1.807) is 24.3 Å². The highest BCUT2D eigenvalue weighted by Gasteiger charge is 2.49. The summed E-state index contributed by atoms with van der Waals surface area (Å²) in [5, 5.41) is 3.26. The first-order valence-corrected chi connectivity index (χ1v) is 9.20. The zero-order valence-corrected chi connectivity index (χ0v) is 15.8. The molecule has 1 aromatic heterocycles. The van der Waals surface area contributed by atoms with E-state index in [4.69, 9.17) is 20.8 Å². The standard InChI is InChI=1S/C19H18ClN3O5/c1-27-15-5-4-11(20)9-13(15)23-18(25)14-10-12(6-7-22(14)19(23)26)21-17(24)16-3-2-8-28-16/h2-5,8-9,12,14H,6-7,10H2,1H3,(H,21,24)/t12-,14-/m0/s1. The van der Waals surface area contributed by atoms with E-state index in [-0.39, 0.29) is 23.6 Å². The van der Waals surface area contributed by atoms with Gasteiger partial charge in [-0.3, -0.25) is 9.59 Å². The second-order valence-electron chi connectivity index (χ2n) is 6.65. The molecule has 0 spiro atoms. The fourth-order valence-electron chi connectivity index (χ4n) is 3.66. The summed E-state index contributed by atoms with van der Waals surface area (Å²) < 4.78 is 10.4. The van der Waals surface area contributed by atoms with E-state index in [2.05, 4.69) is 5.32 Å². The van der Waals surface area contributed by atoms with Crippen LogP contribution in [0.5, 0.6) is 5.75 Å². The average Bonchev–Trinajstić information content (AvgIpc) is 3.30. The lowest BCUT2D eigenvalue weighted by atomic mass is 9.98. The van der Waals surface area contributed by atoms with Crippen molar-refractivity contribution < 1.29 is 23.5 Å². The van der Waals surface area contributed by atoms with Gasteiger partial charge in [0.1, 0.15) is 11.8 Å². The third-order valence-corrected chi connectivity index (χ3v) is 5.24. The number of carbonyl (C=O) groups is 3. The maximum atomic E-state index is 13.0. The molecule has 1 aromatic carbocycles. The van der Waals surface area contributed by atoms with Crippen LogP contribution in [-0.2, 0) is 4.79 Å². The van der Waals surface area contributed by atoms with E-state index in [0.717, 1.165) is 4.90 Å². The number of anilines is 1. The number of nitrogens with one attached hydrogen (secondary N) is 1. The van der Waals surface area contributed by atoms with E-state index >= 15 is 0 Å². The predicted molar refractivity (Wildman–Crippen MR) is 101 cm³/mol. The molecule has 2 atom stereocenters. The van der Waals surface area contributed by atoms with Crippen molar-refractivity contribution in [2.75, 3.05) is 18.6 Å². The molecule has 4 amide bonds. The number of ether oxygens (including phenoxy) is 1. The molecule has 0 saturated carbocycles. The smallest absolute Gasteiger partial charge is 0.332 e. The van der Waals surface area contributed by atoms with Gasteiger partial charge in [0.05, 0.1) is 19.1 Å². The second-order valence-corrected chi connectivity index (χ2v) is 7.09. The van der Waals surface area contributed by atoms with Crippen molar-refractivity contribution in [3.05, 3.63) is 47.4 Å². The zero-order valence-electron chi connectivity index (χ0n) is 15.1. The van der Waals surface area contributed by atoms with Gasteiger partial charge in [-0.15, -0.1) is 0 Å². The lowest BCUT2D eigenvalue weighted by Crippen LogP contribution is -2.49. The molecule has 2 aliphatic rings. The number of hydrogen-bond acceptors (Lipinski definition) is 5. The van der Waals surface area contributed by atoms with Crippen LogP contribution in [-0.4, -0.2) is 48.5 Å². The molecule has 2 saturated heterocycles. The third-order valence-electron chi connectivity index (χ3n) is 5.01. The van der Waals surface area contributed by atoms with Crippen LogP contribution in [0, 0.1) is 0 Å². The summed E-state index contributed by atoms with van der Waals surface area (Å²) in [6, 6.07) is 6.68. The molecule has 28 heavy (non-hydrogen) atoms. The average molecular weight is 404 g/mol. The molecule has 1 N–H and O–H groups in total. The molecule has 0 unspecified atom stereocenters. The minimum atomic E-state index is -0.646. The molecule has 0 bridgehead atoms. The number of halogens is 1. The van der Waals surface area contributed by atoms with E-state index in [0.29, 0.717) is 35.8 Å². The predicted octanol–water partition coefficient (Wildman–Crippen LogP) is 2.67. The summed E-state index contributed by atoms with van der Waals surface area (Å²) in [6.07, 6.45) is 2.30. The van der Waals surface area contributed by atoms with E-state index < -0.39 is 12.1 Å². The van der Waals surface area contributed by atoms with Crippen LogP contribution in [0.2, 0.25) is 5.02 Å². The summed E-state index contributed by atoms with van der Waals surface area (Å²) in [7, 11) is 1.46. The Hall–Kier alpha value is -3.00. The highest BCUT2D eigenvalue weighted by atomic mass is 35.5. The van der Waals surface area contributed by atoms with Gasteiger partial charge in [0.2, 0.25) is 0 Å². The maximum absolute atomic E-state index is 13.0. The molecule has 2 fully saturated rings. The number of carbonyl (C=O) groups excluding carboxylic acids is 3. The van der Waals surface area contributed by atoms with Gasteiger partial charge >= 0.3 is 6.03 Å². The van der Waals surface area contributed by atoms with Crippen molar-refractivity contribution in [3.8, 4) is 5.75 Å². The third kappa shape index (κ3) is 3.09. The Morgan fingerprint density at radius 3 is 2.86 bits per heavy atom. The zero-order chi connectivity index (χ0) is 19.8. The molecule has 2 aromatic rings. The fourth-order valence-corrected chi connectivity index (χ4v) is 3.82. The van der Waals surface area contributed by atoms with Crippen molar-refractivity contribution in [3.63, 3.8) is 0 Å². The van der Waals surface area contributed by atoms with Crippen molar-refractivity contribution >= 4 is 35.1 Å². The molecule has 146 valence electrons. The largest absolute Gasteiger partial charge is 0.495 e. The summed E-state index contributed by atoms with van der Waals surface area (Å²) in [5.41, 5.74) is 0.315. The van der Waals surface area contributed by atoms with Crippen LogP contribution in [0.3, 0.4) is 0 Å². The maximum Gasteiger partial charge on any atom is 0.332 e. The Balaban J connectivity index is 1.54. The number of imide groups is 1. The fraction of sp³-hybridized carbons (Fsp3) is 0.316. The van der Waals surface area contributed by atoms with Crippen molar-refractivity contribution in [2.24, 2.45) is 0 Å². The number of rotatable bonds is 4. The first-order chi connectivity index (χ1) is 13.5. The normalized spacial score (nSPS) is 21.6. The van der Waals surface area contributed by atoms with Crippen molar-refractivity contribution in [2.45, 2.75) is 24.9 Å². The number of methoxy groups -OCH3 is 1. The van der Waals surface area contributed by atoms with Crippen molar-refractivity contribution in [1.29, 1.82) is 0 Å². The Morgan fingerprint density at radius 2 is 2.14 bits per heavy atom. The van der Waals surface area contributed by atoms with Crippen LogP contribution < -0.4 is 15.0 Å². The topological polar surface area (TPSA) is 92.1 Å². The Bertz CT molecular complexity index is 930. The molecule has 2 aliphatic heterocycles. The van der Waals surface area contributed by atoms with Gasteiger partial charge in [-0.25, -0.2) is 9.69 Å². The van der Waals surface area contributed by atoms with Crippen LogP contribution in [0.15, 0.2) is 41.0 Å². The quantitative estimate of drug-likeness (QED) is 0.792. The molecule has 9 heteroatoms. The van der Waals surface area contributed by atoms with Gasteiger partial charge < -0.3 is 19.4 Å². The number of hydrogen-bond donors (Lipinski definition) is 1. The van der Waals surface area contributed by atoms with Gasteiger partial charge in [-0.05, 0) is 43.2 Å². The highest BCUT2D eigenvalue weighted by Crippen LogP contribution is 2.37. The van der Waals surface area contributed by atoms with E-state index in [1.165, 1.54) is 24.3 Å². The van der Waals surface area contributed by atoms with E-state index in [9.17, 15) is 14.4 Å². The van der Waals surface area contributed by atoms with Crippen LogP contribution in [0.1, 0.15) is 23.4 Å². The van der Waals surface area contributed by atoms with E-state index in [1.807, 2.05) is 0 Å². The monoisotopic (exact) mass is 403 g/mol. The SMILES string of the molecule is COc1ccc(Cl)cc1N1C(=O)[C@@H]2C[C@@H](NC(=O)c3ccco3)CCN2C1=O.